The van der Waals surface area contributed by atoms with Crippen LogP contribution in [-0.4, -0.2) is 27.4 Å². The van der Waals surface area contributed by atoms with E-state index in [1.807, 2.05) is 0 Å². The third-order valence-electron chi connectivity index (χ3n) is 3.92. The molecule has 2 rings (SSSR count). The molecule has 0 spiro atoms. The van der Waals surface area contributed by atoms with Crippen molar-refractivity contribution in [2.24, 2.45) is 5.92 Å². The Kier molecular flexibility index (Phi) is 7.84. The van der Waals surface area contributed by atoms with Crippen molar-refractivity contribution in [1.82, 2.24) is 9.78 Å². The first-order valence-corrected chi connectivity index (χ1v) is 10.2. The molecular formula is C22H28ClFN4O3. The number of nitrogens with zero attached hydrogens (tertiary/aromatic N) is 2. The number of carbonyl (C=O) groups excluding carboxylic acids is 2. The van der Waals surface area contributed by atoms with Gasteiger partial charge in [0.2, 0.25) is 5.91 Å². The van der Waals surface area contributed by atoms with Crippen LogP contribution in [0.5, 0.6) is 0 Å². The molecule has 7 nitrogen and oxygen atoms in total. The lowest BCUT2D eigenvalue weighted by Gasteiger charge is -2.19. The Morgan fingerprint density at radius 2 is 1.97 bits per heavy atom. The molecule has 9 heteroatoms. The molecule has 2 aromatic rings. The number of hydrogen-bond acceptors (Lipinski definition) is 4. The molecule has 0 fully saturated rings. The Balaban J connectivity index is 2.10. The molecule has 0 saturated heterocycles. The summed E-state index contributed by atoms with van der Waals surface area (Å²) in [5, 5.41) is 9.78. The Labute approximate surface area is 186 Å². The summed E-state index contributed by atoms with van der Waals surface area (Å²) in [5.74, 6) is -0.836. The van der Waals surface area contributed by atoms with Gasteiger partial charge in [0.15, 0.2) is 0 Å². The first-order valence-electron chi connectivity index (χ1n) is 9.87. The molecule has 1 aromatic carbocycles. The summed E-state index contributed by atoms with van der Waals surface area (Å²) >= 11 is 6.36. The number of benzene rings is 1. The number of aromatic nitrogens is 2. The highest BCUT2D eigenvalue weighted by molar-refractivity contribution is 6.31. The molecule has 0 atom stereocenters. The second-order valence-corrected chi connectivity index (χ2v) is 8.87. The first-order chi connectivity index (χ1) is 14.4. The predicted molar refractivity (Wildman–Crippen MR) is 121 cm³/mol. The average Bonchev–Trinajstić information content (AvgIpc) is 2.87. The van der Waals surface area contributed by atoms with Gasteiger partial charge in [0.1, 0.15) is 16.6 Å². The number of carbonyl (C=O) groups is 2. The van der Waals surface area contributed by atoms with E-state index in [0.29, 0.717) is 28.9 Å². The number of amides is 2. The summed E-state index contributed by atoms with van der Waals surface area (Å²) in [4.78, 5) is 24.2. The van der Waals surface area contributed by atoms with E-state index < -0.39 is 23.4 Å². The largest absolute Gasteiger partial charge is 0.444 e. The van der Waals surface area contributed by atoms with Gasteiger partial charge in [0.05, 0.1) is 11.4 Å². The number of aryl methyl sites for hydroxylation is 1. The number of nitrogens with one attached hydrogen (secondary N) is 2. The van der Waals surface area contributed by atoms with Gasteiger partial charge in [0, 0.05) is 23.9 Å². The van der Waals surface area contributed by atoms with Crippen molar-refractivity contribution < 1.29 is 18.7 Å². The highest BCUT2D eigenvalue weighted by atomic mass is 35.5. The monoisotopic (exact) mass is 450 g/mol. The molecule has 0 unspecified atom stereocenters. The van der Waals surface area contributed by atoms with Crippen LogP contribution in [0.4, 0.5) is 20.6 Å². The number of hydrogen-bond donors (Lipinski definition) is 2. The van der Waals surface area contributed by atoms with Crippen LogP contribution in [0.1, 0.15) is 45.9 Å². The Morgan fingerprint density at radius 3 is 2.58 bits per heavy atom. The fourth-order valence-electron chi connectivity index (χ4n) is 2.68. The molecule has 2 N–H and O–H groups in total. The van der Waals surface area contributed by atoms with Crippen LogP contribution in [0.15, 0.2) is 24.3 Å². The van der Waals surface area contributed by atoms with Gasteiger partial charge < -0.3 is 10.1 Å². The Hall–Kier alpha value is -2.87. The molecule has 0 bridgehead atoms. The minimum absolute atomic E-state index is 0.0819. The van der Waals surface area contributed by atoms with Gasteiger partial charge in [-0.25, -0.2) is 9.18 Å². The molecule has 1 heterocycles. The summed E-state index contributed by atoms with van der Waals surface area (Å²) in [6.07, 6.45) is 2.11. The van der Waals surface area contributed by atoms with Crippen molar-refractivity contribution in [2.75, 3.05) is 10.6 Å². The smallest absolute Gasteiger partial charge is 0.412 e. The van der Waals surface area contributed by atoms with E-state index >= 15 is 0 Å². The number of ether oxygens (including phenoxy) is 1. The zero-order valence-corrected chi connectivity index (χ0v) is 19.3. The molecule has 1 aromatic heterocycles. The molecule has 31 heavy (non-hydrogen) atoms. The number of halogens is 2. The molecule has 2 amide bonds. The van der Waals surface area contributed by atoms with E-state index in [9.17, 15) is 14.0 Å². The maximum atomic E-state index is 14.1. The van der Waals surface area contributed by atoms with E-state index in [2.05, 4.69) is 29.6 Å². The van der Waals surface area contributed by atoms with Gasteiger partial charge >= 0.3 is 6.09 Å². The Morgan fingerprint density at radius 1 is 1.29 bits per heavy atom. The molecule has 0 radical (unpaired) electrons. The maximum absolute atomic E-state index is 14.1. The molecular weight excluding hydrogens is 423 g/mol. The first kappa shape index (κ1) is 24.4. The summed E-state index contributed by atoms with van der Waals surface area (Å²) in [6.45, 7) is 11.8. The van der Waals surface area contributed by atoms with Crippen LogP contribution in [0, 0.1) is 18.7 Å². The van der Waals surface area contributed by atoms with E-state index in [-0.39, 0.29) is 11.4 Å². The van der Waals surface area contributed by atoms with Crippen LogP contribution in [-0.2, 0) is 16.1 Å². The summed E-state index contributed by atoms with van der Waals surface area (Å²) in [7, 11) is 0. The van der Waals surface area contributed by atoms with Crippen molar-refractivity contribution in [3.05, 3.63) is 46.5 Å². The lowest BCUT2D eigenvalue weighted by molar-refractivity contribution is -0.111. The predicted octanol–water partition coefficient (Wildman–Crippen LogP) is 5.64. The van der Waals surface area contributed by atoms with Gasteiger partial charge in [0.25, 0.3) is 0 Å². The number of rotatable bonds is 6. The minimum atomic E-state index is -0.681. The van der Waals surface area contributed by atoms with Crippen LogP contribution in [0.25, 0.3) is 6.08 Å². The van der Waals surface area contributed by atoms with Gasteiger partial charge in [-0.3, -0.25) is 14.8 Å². The van der Waals surface area contributed by atoms with E-state index in [1.54, 1.807) is 32.4 Å². The highest BCUT2D eigenvalue weighted by Gasteiger charge is 2.17. The van der Waals surface area contributed by atoms with Crippen molar-refractivity contribution in [3.63, 3.8) is 0 Å². The average molecular weight is 451 g/mol. The normalized spacial score (nSPS) is 11.8. The third kappa shape index (κ3) is 7.40. The van der Waals surface area contributed by atoms with Gasteiger partial charge in [-0.1, -0.05) is 25.4 Å². The molecule has 0 aliphatic heterocycles. The van der Waals surface area contributed by atoms with Crippen LogP contribution in [0.3, 0.4) is 0 Å². The Bertz CT molecular complexity index is 993. The van der Waals surface area contributed by atoms with Crippen molar-refractivity contribution in [2.45, 2.75) is 53.7 Å². The lowest BCUT2D eigenvalue weighted by Crippen LogP contribution is -2.27. The molecule has 168 valence electrons. The summed E-state index contributed by atoms with van der Waals surface area (Å²) in [5.41, 5.74) is 0.835. The zero-order valence-electron chi connectivity index (χ0n) is 18.5. The quantitative estimate of drug-likeness (QED) is 0.558. The second-order valence-electron chi connectivity index (χ2n) is 8.51. The fourth-order valence-corrected chi connectivity index (χ4v) is 2.98. The summed E-state index contributed by atoms with van der Waals surface area (Å²) in [6, 6.07) is 3.82. The van der Waals surface area contributed by atoms with E-state index in [0.717, 1.165) is 6.07 Å². The van der Waals surface area contributed by atoms with Crippen molar-refractivity contribution >= 4 is 41.1 Å². The topological polar surface area (TPSA) is 85.3 Å². The second kappa shape index (κ2) is 9.96. The van der Waals surface area contributed by atoms with Crippen LogP contribution >= 0.6 is 11.6 Å². The maximum Gasteiger partial charge on any atom is 0.412 e. The van der Waals surface area contributed by atoms with Crippen molar-refractivity contribution in [3.8, 4) is 0 Å². The standard InChI is InChI=1S/C22H28ClFN4O3/c1-13(2)12-28-20(23)16(14(3)27-28)8-10-19(29)26-18-11-15(7-9-17(18)24)25-21(30)31-22(4,5)6/h7-11,13H,12H2,1-6H3,(H,25,30)(H,26,29)/b10-8+. The van der Waals surface area contributed by atoms with Crippen LogP contribution < -0.4 is 10.6 Å². The fraction of sp³-hybridized carbons (Fsp3) is 0.409. The summed E-state index contributed by atoms with van der Waals surface area (Å²) < 4.78 is 21.0. The van der Waals surface area contributed by atoms with E-state index in [1.165, 1.54) is 24.3 Å². The number of anilines is 2. The minimum Gasteiger partial charge on any atom is -0.444 e. The molecule has 0 saturated carbocycles. The molecule has 0 aliphatic rings. The highest BCUT2D eigenvalue weighted by Crippen LogP contribution is 2.23. The van der Waals surface area contributed by atoms with Crippen LogP contribution in [0.2, 0.25) is 5.15 Å². The van der Waals surface area contributed by atoms with Crippen molar-refractivity contribution in [1.29, 1.82) is 0 Å². The van der Waals surface area contributed by atoms with Gasteiger partial charge in [-0.2, -0.15) is 5.10 Å². The SMILES string of the molecule is Cc1nn(CC(C)C)c(Cl)c1/C=C/C(=O)Nc1cc(NC(=O)OC(C)(C)C)ccc1F. The lowest BCUT2D eigenvalue weighted by atomic mass is 10.2. The van der Waals surface area contributed by atoms with Gasteiger partial charge in [-0.15, -0.1) is 0 Å². The van der Waals surface area contributed by atoms with E-state index in [4.69, 9.17) is 16.3 Å². The third-order valence-corrected chi connectivity index (χ3v) is 4.32. The van der Waals surface area contributed by atoms with Gasteiger partial charge in [-0.05, 0) is 57.9 Å². The zero-order chi connectivity index (χ0) is 23.3. The molecule has 0 aliphatic carbocycles.